The van der Waals surface area contributed by atoms with Crippen LogP contribution in [0, 0.1) is 17.0 Å². The maximum absolute atomic E-state index is 12.1. The lowest BCUT2D eigenvalue weighted by atomic mass is 10.1. The Kier molecular flexibility index (Phi) is 4.30. The van der Waals surface area contributed by atoms with Crippen LogP contribution in [-0.2, 0) is 4.79 Å². The van der Waals surface area contributed by atoms with E-state index in [2.05, 4.69) is 5.32 Å². The summed E-state index contributed by atoms with van der Waals surface area (Å²) in [4.78, 5) is 22.6. The monoisotopic (exact) mass is 285 g/mol. The Morgan fingerprint density at radius 1 is 1.24 bits per heavy atom. The molecule has 0 saturated heterocycles. The number of hydrogen-bond donors (Lipinski definition) is 2. The highest BCUT2D eigenvalue weighted by Gasteiger charge is 2.20. The minimum atomic E-state index is -0.882. The molecule has 0 aromatic heterocycles. The van der Waals surface area contributed by atoms with E-state index in [0.29, 0.717) is 5.56 Å². The molecule has 2 rings (SSSR count). The number of nitro benzene ring substituents is 1. The summed E-state index contributed by atoms with van der Waals surface area (Å²) in [5, 5.41) is 13.5. The Morgan fingerprint density at radius 2 is 1.90 bits per heavy atom. The van der Waals surface area contributed by atoms with E-state index in [1.54, 1.807) is 37.3 Å². The van der Waals surface area contributed by atoms with Crippen LogP contribution < -0.4 is 11.1 Å². The van der Waals surface area contributed by atoms with E-state index >= 15 is 0 Å². The minimum Gasteiger partial charge on any atom is -0.319 e. The van der Waals surface area contributed by atoms with E-state index < -0.39 is 16.9 Å². The second-order valence-corrected chi connectivity index (χ2v) is 4.66. The van der Waals surface area contributed by atoms with Gasteiger partial charge in [-0.3, -0.25) is 14.9 Å². The molecule has 3 N–H and O–H groups in total. The molecule has 6 nitrogen and oxygen atoms in total. The number of nitrogens with two attached hydrogens (primary N) is 1. The third-order valence-electron chi connectivity index (χ3n) is 3.05. The summed E-state index contributed by atoms with van der Waals surface area (Å²) in [7, 11) is 0. The summed E-state index contributed by atoms with van der Waals surface area (Å²) in [5.41, 5.74) is 7.24. The number of nitro groups is 1. The Bertz CT molecular complexity index is 671. The smallest absolute Gasteiger partial charge is 0.293 e. The van der Waals surface area contributed by atoms with Crippen molar-refractivity contribution in [1.82, 2.24) is 0 Å². The summed E-state index contributed by atoms with van der Waals surface area (Å²) in [6.45, 7) is 1.74. The number of amides is 1. The lowest BCUT2D eigenvalue weighted by molar-refractivity contribution is -0.384. The van der Waals surface area contributed by atoms with Crippen LogP contribution in [0.2, 0.25) is 0 Å². The van der Waals surface area contributed by atoms with Crippen LogP contribution in [0.5, 0.6) is 0 Å². The molecule has 0 heterocycles. The lowest BCUT2D eigenvalue weighted by Gasteiger charge is -2.12. The molecule has 0 aliphatic rings. The molecule has 1 atom stereocenters. The zero-order valence-electron chi connectivity index (χ0n) is 11.4. The lowest BCUT2D eigenvalue weighted by Crippen LogP contribution is -2.27. The molecule has 2 aromatic carbocycles. The minimum absolute atomic E-state index is 0.141. The first kappa shape index (κ1) is 14.7. The van der Waals surface area contributed by atoms with E-state index in [-0.39, 0.29) is 11.4 Å². The van der Waals surface area contributed by atoms with Gasteiger partial charge in [-0.15, -0.1) is 0 Å². The van der Waals surface area contributed by atoms with Crippen LogP contribution in [0.1, 0.15) is 17.2 Å². The van der Waals surface area contributed by atoms with E-state index in [1.165, 1.54) is 12.1 Å². The fourth-order valence-electron chi connectivity index (χ4n) is 1.92. The van der Waals surface area contributed by atoms with Crippen molar-refractivity contribution in [2.75, 3.05) is 5.32 Å². The maximum Gasteiger partial charge on any atom is 0.293 e. The fraction of sp³-hybridized carbons (Fsp3) is 0.133. The molecule has 0 spiro atoms. The molecule has 0 aliphatic carbocycles. The number of hydrogen-bond acceptors (Lipinski definition) is 4. The number of nitrogens with zero attached hydrogens (tertiary/aromatic N) is 1. The summed E-state index contributed by atoms with van der Waals surface area (Å²) in [6.07, 6.45) is 0. The van der Waals surface area contributed by atoms with Crippen LogP contribution >= 0.6 is 0 Å². The molecular weight excluding hydrogens is 270 g/mol. The van der Waals surface area contributed by atoms with Crippen molar-refractivity contribution in [3.05, 3.63) is 69.8 Å². The highest BCUT2D eigenvalue weighted by Crippen LogP contribution is 2.26. The summed E-state index contributed by atoms with van der Waals surface area (Å²) in [5.74, 6) is -0.492. The van der Waals surface area contributed by atoms with Crippen molar-refractivity contribution in [2.24, 2.45) is 5.73 Å². The molecule has 2 aromatic rings. The molecule has 1 amide bonds. The number of aryl methyl sites for hydroxylation is 1. The van der Waals surface area contributed by atoms with E-state index in [0.717, 1.165) is 5.56 Å². The molecule has 0 saturated carbocycles. The number of carbonyl (C=O) groups excluding carboxylic acids is 1. The Morgan fingerprint density at radius 3 is 2.52 bits per heavy atom. The summed E-state index contributed by atoms with van der Waals surface area (Å²) >= 11 is 0. The first-order valence-corrected chi connectivity index (χ1v) is 6.35. The van der Waals surface area contributed by atoms with Gasteiger partial charge >= 0.3 is 0 Å². The molecule has 0 bridgehead atoms. The van der Waals surface area contributed by atoms with Crippen LogP contribution in [0.4, 0.5) is 11.4 Å². The average molecular weight is 285 g/mol. The second kappa shape index (κ2) is 6.15. The predicted octanol–water partition coefficient (Wildman–Crippen LogP) is 2.54. The second-order valence-electron chi connectivity index (χ2n) is 4.66. The quantitative estimate of drug-likeness (QED) is 0.666. The molecule has 6 heteroatoms. The molecule has 0 aliphatic heterocycles. The highest BCUT2D eigenvalue weighted by atomic mass is 16.6. The van der Waals surface area contributed by atoms with Crippen LogP contribution in [0.15, 0.2) is 48.5 Å². The molecule has 1 unspecified atom stereocenters. The van der Waals surface area contributed by atoms with Gasteiger partial charge in [0.25, 0.3) is 5.69 Å². The number of benzene rings is 2. The number of nitrogens with one attached hydrogen (secondary N) is 1. The molecule has 0 fully saturated rings. The first-order chi connectivity index (χ1) is 9.99. The third kappa shape index (κ3) is 3.43. The van der Waals surface area contributed by atoms with Gasteiger partial charge in [-0.1, -0.05) is 36.4 Å². The largest absolute Gasteiger partial charge is 0.319 e. The molecule has 21 heavy (non-hydrogen) atoms. The van der Waals surface area contributed by atoms with E-state index in [9.17, 15) is 14.9 Å². The van der Waals surface area contributed by atoms with Gasteiger partial charge in [0, 0.05) is 6.07 Å². The average Bonchev–Trinajstić information content (AvgIpc) is 2.49. The zero-order valence-corrected chi connectivity index (χ0v) is 11.4. The Labute approximate surface area is 121 Å². The van der Waals surface area contributed by atoms with E-state index in [4.69, 9.17) is 5.73 Å². The van der Waals surface area contributed by atoms with Crippen molar-refractivity contribution in [2.45, 2.75) is 13.0 Å². The number of carbonyl (C=O) groups is 1. The van der Waals surface area contributed by atoms with Gasteiger partial charge < -0.3 is 11.1 Å². The van der Waals surface area contributed by atoms with Gasteiger partial charge in [0.2, 0.25) is 5.91 Å². The van der Waals surface area contributed by atoms with Gasteiger partial charge in [0.15, 0.2) is 0 Å². The molecular formula is C15H15N3O3. The molecule has 0 radical (unpaired) electrons. The van der Waals surface area contributed by atoms with Gasteiger partial charge in [-0.05, 0) is 24.1 Å². The van der Waals surface area contributed by atoms with Crippen molar-refractivity contribution in [3.63, 3.8) is 0 Å². The molecule has 108 valence electrons. The van der Waals surface area contributed by atoms with Gasteiger partial charge in [0.05, 0.1) is 4.92 Å². The van der Waals surface area contributed by atoms with Crippen LogP contribution in [0.25, 0.3) is 0 Å². The van der Waals surface area contributed by atoms with Gasteiger partial charge in [-0.2, -0.15) is 0 Å². The van der Waals surface area contributed by atoms with Crippen LogP contribution in [-0.4, -0.2) is 10.8 Å². The standard InChI is InChI=1S/C15H15N3O3/c1-10-7-8-12(13(9-10)18(20)21)17-15(19)14(16)11-5-3-2-4-6-11/h2-9,14H,16H2,1H3,(H,17,19). The highest BCUT2D eigenvalue weighted by molar-refractivity contribution is 5.97. The number of rotatable bonds is 4. The first-order valence-electron chi connectivity index (χ1n) is 6.35. The fourth-order valence-corrected chi connectivity index (χ4v) is 1.92. The normalized spacial score (nSPS) is 11.7. The van der Waals surface area contributed by atoms with Crippen molar-refractivity contribution >= 4 is 17.3 Å². The summed E-state index contributed by atoms with van der Waals surface area (Å²) < 4.78 is 0. The van der Waals surface area contributed by atoms with Gasteiger partial charge in [0.1, 0.15) is 11.7 Å². The Balaban J connectivity index is 2.22. The summed E-state index contributed by atoms with van der Waals surface area (Å²) in [6, 6.07) is 12.5. The maximum atomic E-state index is 12.1. The number of anilines is 1. The SMILES string of the molecule is Cc1ccc(NC(=O)C(N)c2ccccc2)c([N+](=O)[O-])c1. The van der Waals surface area contributed by atoms with E-state index in [1.807, 2.05) is 6.07 Å². The van der Waals surface area contributed by atoms with Crippen molar-refractivity contribution < 1.29 is 9.72 Å². The third-order valence-corrected chi connectivity index (χ3v) is 3.05. The zero-order chi connectivity index (χ0) is 15.4. The van der Waals surface area contributed by atoms with Gasteiger partial charge in [-0.25, -0.2) is 0 Å². The van der Waals surface area contributed by atoms with Crippen LogP contribution in [0.3, 0.4) is 0 Å². The predicted molar refractivity (Wildman–Crippen MR) is 79.8 cm³/mol. The van der Waals surface area contributed by atoms with Crippen molar-refractivity contribution in [3.8, 4) is 0 Å². The Hall–Kier alpha value is -2.73. The van der Waals surface area contributed by atoms with Crippen molar-refractivity contribution in [1.29, 1.82) is 0 Å². The topological polar surface area (TPSA) is 98.3 Å².